The van der Waals surface area contributed by atoms with E-state index in [1.165, 1.54) is 121 Å². The lowest BCUT2D eigenvalue weighted by Crippen LogP contribution is -2.37. The number of rotatable bonds is 18. The van der Waals surface area contributed by atoms with Gasteiger partial charge in [-0.3, -0.25) is 49.6 Å². The number of ether oxygens (including phenoxy) is 1. The van der Waals surface area contributed by atoms with Gasteiger partial charge in [-0.15, -0.1) is 11.3 Å². The number of carbonyl (C=O) groups is 5. The standard InChI is InChI=1S/C21H21F2N3O2.C21H15F2N3OS.C20H16F2N4O2.C19H15F2N3O.C15H11F2N3/c1-21(2,3)28-20(27)24-18-11-15-17(25-26(4)19(15)12-16(18)23)9-8-13-6-5-7-14(22)10-13;22-14-4-1-3-13(9-14)6-7-18-16-11-20(17(23)12-19(16)26-25-18)24-21(27)10-15-5-2-8-28-15;21-12-3-1-2-11(8-12)4-5-15-13-9-18(14(22)10-17(13)26-25-15)24-20(28)16-6-7-19(27)23-16;20-13-3-1-2-11(8-13)4-7-16-14-9-18(22-19(25)12-5-6-12)15(21)10-17(14)24-23-16;16-10-3-1-2-9(6-10)4-5-14-11-7-13(18)12(17)8-15(11)20-19-14/h5-12H,1-4H3,(H,24,27);1-9,11-12H,10H2,(H,24,27)(H,25,26);1-5,8-10,16H,6-7H2,(H,23,27)(H,24,28)(H,25,26);1-4,7-10,12H,5-6H2,(H,22,25)(H,23,24);1-8H,18H2,(H,19,20)/b9-8+;7-6+;5-4+;7-4+;5-4+/t;;16-;;/m..0../s1. The van der Waals surface area contributed by atoms with Crippen LogP contribution in [0.15, 0.2) is 200 Å². The Labute approximate surface area is 732 Å². The van der Waals surface area contributed by atoms with E-state index >= 15 is 0 Å². The minimum atomic E-state index is -0.744. The van der Waals surface area contributed by atoms with Crippen molar-refractivity contribution in [3.8, 4) is 0 Å². The van der Waals surface area contributed by atoms with E-state index < -0.39 is 52.7 Å². The van der Waals surface area contributed by atoms with Gasteiger partial charge in [-0.05, 0) is 201 Å². The van der Waals surface area contributed by atoms with Crippen molar-refractivity contribution in [3.05, 3.63) is 319 Å². The number of nitrogens with zero attached hydrogens (tertiary/aromatic N) is 6. The summed E-state index contributed by atoms with van der Waals surface area (Å²) >= 11 is 1.47. The van der Waals surface area contributed by atoms with Crippen LogP contribution in [0, 0.1) is 64.1 Å². The molecule has 1 aliphatic heterocycles. The summed E-state index contributed by atoms with van der Waals surface area (Å²) in [7, 11) is 1.70. The van der Waals surface area contributed by atoms with Crippen LogP contribution in [0.3, 0.4) is 0 Å². The number of hydrogen-bond donors (Lipinski definition) is 10. The van der Waals surface area contributed by atoms with Gasteiger partial charge in [0.25, 0.3) is 0 Å². The van der Waals surface area contributed by atoms with E-state index in [0.717, 1.165) is 28.7 Å². The number of benzene rings is 10. The number of halogens is 10. The summed E-state index contributed by atoms with van der Waals surface area (Å²) in [5.74, 6) is -5.50. The van der Waals surface area contributed by atoms with Crippen molar-refractivity contribution in [1.82, 2.24) is 55.9 Å². The van der Waals surface area contributed by atoms with E-state index in [-0.39, 0.29) is 94.0 Å². The molecule has 33 heteroatoms. The van der Waals surface area contributed by atoms with Crippen molar-refractivity contribution in [2.24, 2.45) is 13.0 Å². The smallest absolute Gasteiger partial charge is 0.412 e. The number of carbonyl (C=O) groups excluding carboxylic acids is 5. The molecule has 5 amide bonds. The minimum Gasteiger partial charge on any atom is -0.444 e. The number of anilines is 5. The predicted octanol–water partition coefficient (Wildman–Crippen LogP) is 21.8. The van der Waals surface area contributed by atoms with Gasteiger partial charge in [-0.25, -0.2) is 48.7 Å². The summed E-state index contributed by atoms with van der Waals surface area (Å²) in [6, 6.07) is 47.9. The van der Waals surface area contributed by atoms with Crippen LogP contribution >= 0.6 is 11.3 Å². The highest BCUT2D eigenvalue weighted by molar-refractivity contribution is 7.10. The van der Waals surface area contributed by atoms with Gasteiger partial charge in [-0.1, -0.05) is 97.1 Å². The van der Waals surface area contributed by atoms with E-state index in [2.05, 4.69) is 72.5 Å². The second-order valence-electron chi connectivity index (χ2n) is 30.6. The molecule has 2 fully saturated rings. The van der Waals surface area contributed by atoms with Crippen molar-refractivity contribution in [2.75, 3.05) is 27.0 Å². The van der Waals surface area contributed by atoms with Crippen LogP contribution in [0.25, 0.3) is 115 Å². The summed E-state index contributed by atoms with van der Waals surface area (Å²) in [6.45, 7) is 5.17. The predicted molar refractivity (Wildman–Crippen MR) is 484 cm³/mol. The molecule has 0 spiro atoms. The van der Waals surface area contributed by atoms with Crippen molar-refractivity contribution < 1.29 is 72.6 Å². The van der Waals surface area contributed by atoms with Gasteiger partial charge in [0.05, 0.1) is 90.9 Å². The monoisotopic (exact) mass is 1770 g/mol. The molecule has 0 unspecified atom stereocenters. The number of nitrogen functional groups attached to an aromatic ring is 1. The van der Waals surface area contributed by atoms with Gasteiger partial charge in [0, 0.05) is 81.5 Å². The first-order valence-corrected chi connectivity index (χ1v) is 40.9. The highest BCUT2D eigenvalue weighted by Crippen LogP contribution is 2.35. The van der Waals surface area contributed by atoms with Gasteiger partial charge >= 0.3 is 6.09 Å². The van der Waals surface area contributed by atoms with E-state index in [1.54, 1.807) is 166 Å². The fraction of sp³-hybridized carbons (Fsp3) is 0.125. The van der Waals surface area contributed by atoms with Crippen LogP contribution < -0.4 is 32.3 Å². The minimum absolute atomic E-state index is 0.000421. The number of aromatic nitrogens is 10. The molecule has 1 atom stereocenters. The fourth-order valence-electron chi connectivity index (χ4n) is 13.3. The SMILES string of the molecule is Cn1nc(/C=C/c2cccc(F)c2)c2cc(NC(=O)OC(C)(C)C)c(F)cc21.Nc1cc2c(/C=C/c3cccc(F)c3)n[nH]c2cc1F.O=C(Cc1cccs1)Nc1cc2c(/C=C/c3cccc(F)c3)n[nH]c2cc1F.O=C(Nc1cc2c(/C=C/c3cccc(F)c3)n[nH]c2cc1F)C1CC1.O=C1CC[C@@H](C(=O)Nc2cc3c(/C=C/c4cccc(F)c4)n[nH]c3cc2F)N1. The summed E-state index contributed by atoms with van der Waals surface area (Å²) in [5, 5.41) is 49.8. The molecule has 0 bridgehead atoms. The fourth-order valence-corrected chi connectivity index (χ4v) is 14.0. The third kappa shape index (κ3) is 23.8. The molecule has 1 aliphatic carbocycles. The molecule has 22 nitrogen and oxygen atoms in total. The van der Waals surface area contributed by atoms with Crippen LogP contribution in [0.1, 0.15) is 108 Å². The van der Waals surface area contributed by atoms with Crippen LogP contribution in [0.2, 0.25) is 0 Å². The van der Waals surface area contributed by atoms with Crippen LogP contribution in [-0.4, -0.2) is 91.9 Å². The molecule has 129 heavy (non-hydrogen) atoms. The Morgan fingerprint density at radius 1 is 0.442 bits per heavy atom. The highest BCUT2D eigenvalue weighted by Gasteiger charge is 2.31. The zero-order chi connectivity index (χ0) is 91.2. The number of hydrogen-bond acceptors (Lipinski definition) is 13. The lowest BCUT2D eigenvalue weighted by atomic mass is 10.1. The molecular formula is C96H78F10N16O6S. The first-order chi connectivity index (χ1) is 61.9. The van der Waals surface area contributed by atoms with Crippen LogP contribution in [-0.2, 0) is 37.4 Å². The van der Waals surface area contributed by atoms with Crippen molar-refractivity contribution in [3.63, 3.8) is 0 Å². The Balaban J connectivity index is 0.000000131. The molecule has 1 saturated heterocycles. The third-order valence-electron chi connectivity index (χ3n) is 19.7. The second-order valence-corrected chi connectivity index (χ2v) is 31.7. The Bertz CT molecular complexity index is 7060. The quantitative estimate of drug-likeness (QED) is 0.0283. The van der Waals surface area contributed by atoms with Gasteiger partial charge in [-0.2, -0.15) is 25.5 Å². The van der Waals surface area contributed by atoms with Gasteiger partial charge in [0.1, 0.15) is 69.8 Å². The van der Waals surface area contributed by atoms with Gasteiger partial charge in [0.2, 0.25) is 23.6 Å². The maximum atomic E-state index is 14.4. The summed E-state index contributed by atoms with van der Waals surface area (Å²) in [5.41, 5.74) is 14.1. The van der Waals surface area contributed by atoms with E-state index in [0.29, 0.717) is 106 Å². The second kappa shape index (κ2) is 40.0. The first kappa shape index (κ1) is 89.5. The number of aromatic amines is 4. The Hall–Kier alpha value is -15.8. The molecule has 1 saturated carbocycles. The van der Waals surface area contributed by atoms with E-state index in [1.807, 2.05) is 17.5 Å². The highest BCUT2D eigenvalue weighted by atomic mass is 32.1. The zero-order valence-electron chi connectivity index (χ0n) is 68.9. The number of fused-ring (bicyclic) bond motifs is 5. The molecule has 2 aliphatic rings. The number of nitrogens with two attached hydrogens (primary N) is 1. The maximum Gasteiger partial charge on any atom is 0.412 e. The summed E-state index contributed by atoms with van der Waals surface area (Å²) in [4.78, 5) is 60.5. The van der Waals surface area contributed by atoms with Crippen LogP contribution in [0.5, 0.6) is 0 Å². The van der Waals surface area contributed by atoms with Crippen molar-refractivity contribution in [1.29, 1.82) is 0 Å². The molecule has 7 heterocycles. The normalized spacial score (nSPS) is 13.2. The Kier molecular flexibility index (Phi) is 27.8. The lowest BCUT2D eigenvalue weighted by molar-refractivity contribution is -0.122. The van der Waals surface area contributed by atoms with Gasteiger partial charge < -0.3 is 31.7 Å². The molecule has 18 rings (SSSR count). The molecule has 654 valence electrons. The number of amides is 5. The molecular weight excluding hydrogens is 1700 g/mol. The average molecular weight is 1770 g/mol. The molecule has 0 radical (unpaired) electrons. The summed E-state index contributed by atoms with van der Waals surface area (Å²) in [6.07, 6.45) is 18.9. The maximum absolute atomic E-state index is 14.4. The molecule has 11 N–H and O–H groups in total. The number of thiophene rings is 1. The number of H-pyrrole nitrogens is 4. The van der Waals surface area contributed by atoms with E-state index in [9.17, 15) is 67.9 Å². The largest absolute Gasteiger partial charge is 0.444 e. The Morgan fingerprint density at radius 3 is 1.19 bits per heavy atom. The van der Waals surface area contributed by atoms with Crippen LogP contribution in [0.4, 0.5) is 77.1 Å². The molecule has 6 aromatic heterocycles. The summed E-state index contributed by atoms with van der Waals surface area (Å²) < 4.78 is 144. The van der Waals surface area contributed by atoms with Crippen molar-refractivity contribution in [2.45, 2.75) is 64.5 Å². The van der Waals surface area contributed by atoms with Gasteiger partial charge in [0.15, 0.2) is 0 Å². The van der Waals surface area contributed by atoms with Crippen molar-refractivity contribution >= 4 is 185 Å². The van der Waals surface area contributed by atoms with E-state index in [4.69, 9.17) is 10.5 Å². The average Bonchev–Trinajstić information content (AvgIpc) is 1.64. The Morgan fingerprint density at radius 2 is 0.814 bits per heavy atom. The molecule has 16 aromatic rings. The molecule has 10 aromatic carbocycles. The first-order valence-electron chi connectivity index (χ1n) is 40.0. The topological polar surface area (TPSA) is 313 Å². The zero-order valence-corrected chi connectivity index (χ0v) is 69.7. The third-order valence-corrected chi connectivity index (χ3v) is 20.6. The number of nitrogens with one attached hydrogen (secondary N) is 9. The number of aryl methyl sites for hydroxylation is 1. The lowest BCUT2D eigenvalue weighted by Gasteiger charge is -2.19.